The van der Waals surface area contributed by atoms with Gasteiger partial charge < -0.3 is 10.1 Å². The Morgan fingerprint density at radius 1 is 1.05 bits per heavy atom. The van der Waals surface area contributed by atoms with Crippen LogP contribution in [0.2, 0.25) is 0 Å². The summed E-state index contributed by atoms with van der Waals surface area (Å²) in [4.78, 5) is 11.6. The van der Waals surface area contributed by atoms with Crippen molar-refractivity contribution in [2.45, 2.75) is 52.9 Å². The largest absolute Gasteiger partial charge is 0.464 e. The Morgan fingerprint density at radius 3 is 2.15 bits per heavy atom. The molecule has 0 spiro atoms. The van der Waals surface area contributed by atoms with Gasteiger partial charge in [-0.15, -0.1) is 0 Å². The number of ether oxygens (including phenoxy) is 1. The lowest BCUT2D eigenvalue weighted by molar-refractivity contribution is -0.141. The Hall–Kier alpha value is -1.51. The first-order valence-corrected chi connectivity index (χ1v) is 7.73. The molecular weight excluding hydrogens is 250 g/mol. The van der Waals surface area contributed by atoms with Crippen molar-refractivity contribution >= 4 is 11.7 Å². The summed E-state index contributed by atoms with van der Waals surface area (Å²) < 4.78 is 5.11. The molecular formula is C17H27NO2. The van der Waals surface area contributed by atoms with Gasteiger partial charge in [-0.1, -0.05) is 51.8 Å². The van der Waals surface area contributed by atoms with Crippen molar-refractivity contribution < 1.29 is 9.53 Å². The maximum atomic E-state index is 11.6. The van der Waals surface area contributed by atoms with Gasteiger partial charge in [0.15, 0.2) is 0 Å². The van der Waals surface area contributed by atoms with Crippen LogP contribution in [0.25, 0.3) is 0 Å². The molecule has 112 valence electrons. The van der Waals surface area contributed by atoms with E-state index in [1.165, 1.54) is 11.1 Å². The molecule has 1 aromatic carbocycles. The highest BCUT2D eigenvalue weighted by molar-refractivity contribution is 5.76. The van der Waals surface area contributed by atoms with Gasteiger partial charge in [0.2, 0.25) is 0 Å². The molecule has 3 heteroatoms. The van der Waals surface area contributed by atoms with Crippen LogP contribution in [-0.2, 0) is 22.4 Å². The van der Waals surface area contributed by atoms with Crippen molar-refractivity contribution in [3.63, 3.8) is 0 Å². The number of hydrogen-bond acceptors (Lipinski definition) is 3. The van der Waals surface area contributed by atoms with E-state index in [0.717, 1.165) is 37.8 Å². The molecule has 0 aliphatic carbocycles. The van der Waals surface area contributed by atoms with Crippen molar-refractivity contribution in [2.24, 2.45) is 0 Å². The molecule has 0 radical (unpaired) electrons. The standard InChI is InChI=1S/C17H27NO2/c1-4-8-14-10-7-11-15(9-5-2)17(14)18-13-16(19)20-12-6-3/h7,10-11,18H,4-6,8-9,12-13H2,1-3H3. The Bertz CT molecular complexity index is 391. The molecule has 0 atom stereocenters. The Balaban J connectivity index is 2.76. The van der Waals surface area contributed by atoms with E-state index in [-0.39, 0.29) is 12.5 Å². The quantitative estimate of drug-likeness (QED) is 0.694. The number of anilines is 1. The lowest BCUT2D eigenvalue weighted by Gasteiger charge is -2.16. The molecule has 20 heavy (non-hydrogen) atoms. The monoisotopic (exact) mass is 277 g/mol. The summed E-state index contributed by atoms with van der Waals surface area (Å²) in [5.74, 6) is -0.180. The molecule has 3 nitrogen and oxygen atoms in total. The number of nitrogens with one attached hydrogen (secondary N) is 1. The van der Waals surface area contributed by atoms with Gasteiger partial charge in [-0.3, -0.25) is 4.79 Å². The van der Waals surface area contributed by atoms with Crippen molar-refractivity contribution in [1.82, 2.24) is 0 Å². The fourth-order valence-corrected chi connectivity index (χ4v) is 2.26. The van der Waals surface area contributed by atoms with Gasteiger partial charge >= 0.3 is 5.97 Å². The van der Waals surface area contributed by atoms with E-state index in [9.17, 15) is 4.79 Å². The molecule has 0 fully saturated rings. The van der Waals surface area contributed by atoms with Crippen molar-refractivity contribution in [2.75, 3.05) is 18.5 Å². The third-order valence-corrected chi connectivity index (χ3v) is 3.15. The number of para-hydroxylation sites is 1. The first-order chi connectivity index (χ1) is 9.72. The topological polar surface area (TPSA) is 38.3 Å². The number of carbonyl (C=O) groups excluding carboxylic acids is 1. The number of esters is 1. The van der Waals surface area contributed by atoms with Crippen LogP contribution in [0.5, 0.6) is 0 Å². The fraction of sp³-hybridized carbons (Fsp3) is 0.588. The van der Waals surface area contributed by atoms with Crippen LogP contribution in [0, 0.1) is 0 Å². The zero-order valence-electron chi connectivity index (χ0n) is 13.0. The average molecular weight is 277 g/mol. The van der Waals surface area contributed by atoms with Gasteiger partial charge in [0.25, 0.3) is 0 Å². The highest BCUT2D eigenvalue weighted by Gasteiger charge is 2.09. The predicted octanol–water partition coefficient (Wildman–Crippen LogP) is 3.96. The summed E-state index contributed by atoms with van der Waals surface area (Å²) in [5.41, 5.74) is 3.72. The smallest absolute Gasteiger partial charge is 0.325 e. The molecule has 0 amide bonds. The summed E-state index contributed by atoms with van der Waals surface area (Å²) in [6.45, 7) is 7.09. The van der Waals surface area contributed by atoms with E-state index in [1.807, 2.05) is 6.92 Å². The van der Waals surface area contributed by atoms with E-state index in [2.05, 4.69) is 37.4 Å². The van der Waals surface area contributed by atoms with E-state index in [0.29, 0.717) is 6.61 Å². The molecule has 1 N–H and O–H groups in total. The zero-order chi connectivity index (χ0) is 14.8. The molecule has 0 unspecified atom stereocenters. The van der Waals surface area contributed by atoms with Crippen molar-refractivity contribution in [3.8, 4) is 0 Å². The lowest BCUT2D eigenvalue weighted by atomic mass is 10.00. The van der Waals surface area contributed by atoms with Crippen LogP contribution in [-0.4, -0.2) is 19.1 Å². The minimum Gasteiger partial charge on any atom is -0.464 e. The average Bonchev–Trinajstić information content (AvgIpc) is 2.45. The maximum absolute atomic E-state index is 11.6. The first kappa shape index (κ1) is 16.5. The molecule has 0 saturated heterocycles. The van der Waals surface area contributed by atoms with Crippen LogP contribution in [0.1, 0.15) is 51.2 Å². The Labute approximate surface area is 122 Å². The third-order valence-electron chi connectivity index (χ3n) is 3.15. The maximum Gasteiger partial charge on any atom is 0.325 e. The molecule has 0 aliphatic rings. The fourth-order valence-electron chi connectivity index (χ4n) is 2.26. The van der Waals surface area contributed by atoms with Gasteiger partial charge in [-0.2, -0.15) is 0 Å². The number of benzene rings is 1. The van der Waals surface area contributed by atoms with Gasteiger partial charge in [0.1, 0.15) is 6.54 Å². The van der Waals surface area contributed by atoms with Gasteiger partial charge in [-0.25, -0.2) is 0 Å². The molecule has 1 rings (SSSR count). The predicted molar refractivity (Wildman–Crippen MR) is 84.2 cm³/mol. The molecule has 0 heterocycles. The van der Waals surface area contributed by atoms with Crippen molar-refractivity contribution in [3.05, 3.63) is 29.3 Å². The highest BCUT2D eigenvalue weighted by atomic mass is 16.5. The Kier molecular flexibility index (Phi) is 7.78. The SMILES string of the molecule is CCCOC(=O)CNc1c(CCC)cccc1CCC. The second kappa shape index (κ2) is 9.40. The van der Waals surface area contributed by atoms with E-state index in [1.54, 1.807) is 0 Å². The molecule has 1 aromatic rings. The second-order valence-electron chi connectivity index (χ2n) is 5.03. The minimum atomic E-state index is -0.180. The van der Waals surface area contributed by atoms with Crippen LogP contribution in [0.4, 0.5) is 5.69 Å². The first-order valence-electron chi connectivity index (χ1n) is 7.73. The molecule has 0 bridgehead atoms. The number of hydrogen-bond donors (Lipinski definition) is 1. The summed E-state index contributed by atoms with van der Waals surface area (Å²) in [5, 5.41) is 3.29. The van der Waals surface area contributed by atoms with E-state index < -0.39 is 0 Å². The van der Waals surface area contributed by atoms with Crippen LogP contribution < -0.4 is 5.32 Å². The minimum absolute atomic E-state index is 0.180. The highest BCUT2D eigenvalue weighted by Crippen LogP contribution is 2.24. The van der Waals surface area contributed by atoms with Gasteiger partial charge in [0.05, 0.1) is 6.61 Å². The van der Waals surface area contributed by atoms with Gasteiger partial charge in [0, 0.05) is 5.69 Å². The van der Waals surface area contributed by atoms with Crippen molar-refractivity contribution in [1.29, 1.82) is 0 Å². The Morgan fingerprint density at radius 2 is 1.65 bits per heavy atom. The number of rotatable bonds is 9. The lowest BCUT2D eigenvalue weighted by Crippen LogP contribution is -2.19. The summed E-state index contributed by atoms with van der Waals surface area (Å²) in [6, 6.07) is 6.39. The van der Waals surface area contributed by atoms with E-state index >= 15 is 0 Å². The molecule has 0 aliphatic heterocycles. The summed E-state index contributed by atoms with van der Waals surface area (Å²) in [7, 11) is 0. The van der Waals surface area contributed by atoms with E-state index in [4.69, 9.17) is 4.74 Å². The summed E-state index contributed by atoms with van der Waals surface area (Å²) in [6.07, 6.45) is 5.13. The second-order valence-corrected chi connectivity index (χ2v) is 5.03. The summed E-state index contributed by atoms with van der Waals surface area (Å²) >= 11 is 0. The molecule has 0 saturated carbocycles. The van der Waals surface area contributed by atoms with Gasteiger partial charge in [-0.05, 0) is 30.4 Å². The normalized spacial score (nSPS) is 10.3. The van der Waals surface area contributed by atoms with Crippen LogP contribution in [0.15, 0.2) is 18.2 Å². The van der Waals surface area contributed by atoms with Crippen LogP contribution in [0.3, 0.4) is 0 Å². The number of carbonyl (C=O) groups is 1. The third kappa shape index (κ3) is 5.24. The molecule has 0 aromatic heterocycles. The zero-order valence-corrected chi connectivity index (χ0v) is 13.0. The van der Waals surface area contributed by atoms with Crippen LogP contribution >= 0.6 is 0 Å². The number of aryl methyl sites for hydroxylation is 2.